The number of carbonyl (C=O) groups is 2. The molecule has 0 aromatic carbocycles. The molecule has 0 radical (unpaired) electrons. The first-order valence-electron chi connectivity index (χ1n) is 5.93. The van der Waals surface area contributed by atoms with Crippen molar-refractivity contribution in [2.75, 3.05) is 18.8 Å². The van der Waals surface area contributed by atoms with Gasteiger partial charge in [-0.15, -0.1) is 0 Å². The Morgan fingerprint density at radius 3 is 2.50 bits per heavy atom. The molecule has 0 heterocycles. The van der Waals surface area contributed by atoms with Gasteiger partial charge in [-0.1, -0.05) is 25.1 Å². The Bertz CT molecular complexity index is 309. The number of rotatable bonds is 8. The third kappa shape index (κ3) is 7.26. The first kappa shape index (κ1) is 16.9. The standard InChI is InChI=1S/C11H20N2O4S/c1-4-5-6-12(9(2)7-13(16)17)11(15)8-18-10(3)14/h9H,4-8H2,1-3H3. The molecule has 18 heavy (non-hydrogen) atoms. The highest BCUT2D eigenvalue weighted by Gasteiger charge is 2.23. The molecule has 1 unspecified atom stereocenters. The smallest absolute Gasteiger partial charge is 0.233 e. The second-order valence-electron chi connectivity index (χ2n) is 4.09. The van der Waals surface area contributed by atoms with Gasteiger partial charge in [-0.3, -0.25) is 19.7 Å². The average Bonchev–Trinajstić information content (AvgIpc) is 2.25. The monoisotopic (exact) mass is 276 g/mol. The highest BCUT2D eigenvalue weighted by Crippen LogP contribution is 2.09. The van der Waals surface area contributed by atoms with Gasteiger partial charge in [0.05, 0.1) is 11.8 Å². The van der Waals surface area contributed by atoms with Gasteiger partial charge in [-0.2, -0.15) is 0 Å². The van der Waals surface area contributed by atoms with Crippen LogP contribution >= 0.6 is 11.8 Å². The van der Waals surface area contributed by atoms with E-state index in [9.17, 15) is 19.7 Å². The maximum absolute atomic E-state index is 11.9. The molecule has 0 aromatic heterocycles. The summed E-state index contributed by atoms with van der Waals surface area (Å²) in [5.74, 6) is -0.154. The van der Waals surface area contributed by atoms with Crippen LogP contribution in [0.15, 0.2) is 0 Å². The summed E-state index contributed by atoms with van der Waals surface area (Å²) in [5, 5.41) is 10.4. The molecule has 0 fully saturated rings. The molecule has 0 aliphatic rings. The number of carbonyl (C=O) groups excluding carboxylic acids is 2. The summed E-state index contributed by atoms with van der Waals surface area (Å²) in [5.41, 5.74) is 0. The number of unbranched alkanes of at least 4 members (excludes halogenated alkanes) is 1. The molecular formula is C11H20N2O4S. The van der Waals surface area contributed by atoms with E-state index in [4.69, 9.17) is 0 Å². The molecule has 6 nitrogen and oxygen atoms in total. The molecule has 7 heteroatoms. The second kappa shape index (κ2) is 8.91. The van der Waals surface area contributed by atoms with Crippen molar-refractivity contribution in [1.29, 1.82) is 0 Å². The zero-order valence-corrected chi connectivity index (χ0v) is 11.9. The minimum atomic E-state index is -0.438. The van der Waals surface area contributed by atoms with Crippen LogP contribution in [0.2, 0.25) is 0 Å². The highest BCUT2D eigenvalue weighted by molar-refractivity contribution is 8.14. The summed E-state index contributed by atoms with van der Waals surface area (Å²) in [4.78, 5) is 34.3. The van der Waals surface area contributed by atoms with Crippen LogP contribution < -0.4 is 0 Å². The molecule has 0 saturated carbocycles. The molecule has 0 rings (SSSR count). The molecular weight excluding hydrogens is 256 g/mol. The van der Waals surface area contributed by atoms with Crippen molar-refractivity contribution in [3.8, 4) is 0 Å². The van der Waals surface area contributed by atoms with Crippen LogP contribution in [0.25, 0.3) is 0 Å². The van der Waals surface area contributed by atoms with E-state index in [0.29, 0.717) is 6.54 Å². The minimum Gasteiger partial charge on any atom is -0.333 e. The van der Waals surface area contributed by atoms with Crippen molar-refractivity contribution < 1.29 is 14.5 Å². The Morgan fingerprint density at radius 1 is 1.44 bits per heavy atom. The van der Waals surface area contributed by atoms with Crippen molar-refractivity contribution in [2.24, 2.45) is 0 Å². The molecule has 0 aliphatic heterocycles. The zero-order valence-electron chi connectivity index (χ0n) is 11.0. The van der Waals surface area contributed by atoms with E-state index in [1.165, 1.54) is 11.8 Å². The van der Waals surface area contributed by atoms with E-state index in [2.05, 4.69) is 0 Å². The predicted molar refractivity (Wildman–Crippen MR) is 71.1 cm³/mol. The molecule has 0 spiro atoms. The largest absolute Gasteiger partial charge is 0.333 e. The van der Waals surface area contributed by atoms with E-state index in [1.807, 2.05) is 6.92 Å². The van der Waals surface area contributed by atoms with Crippen LogP contribution in [0.3, 0.4) is 0 Å². The lowest BCUT2D eigenvalue weighted by molar-refractivity contribution is -0.485. The van der Waals surface area contributed by atoms with Gasteiger partial charge in [0.1, 0.15) is 0 Å². The lowest BCUT2D eigenvalue weighted by atomic mass is 10.2. The molecule has 104 valence electrons. The van der Waals surface area contributed by atoms with E-state index < -0.39 is 11.0 Å². The number of hydrogen-bond donors (Lipinski definition) is 0. The number of nitro groups is 1. The molecule has 0 saturated heterocycles. The van der Waals surface area contributed by atoms with Crippen LogP contribution in [-0.4, -0.2) is 45.7 Å². The van der Waals surface area contributed by atoms with Crippen molar-refractivity contribution in [3.05, 3.63) is 10.1 Å². The Morgan fingerprint density at radius 2 is 2.06 bits per heavy atom. The maximum atomic E-state index is 11.9. The third-order valence-electron chi connectivity index (χ3n) is 2.42. The Kier molecular flexibility index (Phi) is 8.36. The minimum absolute atomic E-state index is 0.0566. The Hall–Kier alpha value is -1.11. The van der Waals surface area contributed by atoms with E-state index in [0.717, 1.165) is 24.6 Å². The molecule has 1 atom stereocenters. The average molecular weight is 276 g/mol. The summed E-state index contributed by atoms with van der Waals surface area (Å²) in [6, 6.07) is -0.438. The molecule has 1 amide bonds. The van der Waals surface area contributed by atoms with Gasteiger partial charge in [-0.05, 0) is 13.3 Å². The van der Waals surface area contributed by atoms with Crippen LogP contribution in [-0.2, 0) is 9.59 Å². The fraction of sp³-hybridized carbons (Fsp3) is 0.818. The quantitative estimate of drug-likeness (QED) is 0.496. The Labute approximate surface area is 111 Å². The SMILES string of the molecule is CCCCN(C(=O)CSC(C)=O)C(C)C[N+](=O)[O-]. The van der Waals surface area contributed by atoms with Gasteiger partial charge in [0.2, 0.25) is 12.5 Å². The number of hydrogen-bond acceptors (Lipinski definition) is 5. The molecule has 0 N–H and O–H groups in total. The summed E-state index contributed by atoms with van der Waals surface area (Å²) in [7, 11) is 0. The van der Waals surface area contributed by atoms with Gasteiger partial charge in [0, 0.05) is 18.4 Å². The number of nitrogens with zero attached hydrogens (tertiary/aromatic N) is 2. The molecule has 0 aliphatic carbocycles. The van der Waals surface area contributed by atoms with Gasteiger partial charge in [-0.25, -0.2) is 0 Å². The summed E-state index contributed by atoms with van der Waals surface area (Å²) < 4.78 is 0. The van der Waals surface area contributed by atoms with Crippen molar-refractivity contribution in [3.63, 3.8) is 0 Å². The van der Waals surface area contributed by atoms with Crippen LogP contribution in [0.1, 0.15) is 33.6 Å². The van der Waals surface area contributed by atoms with Gasteiger partial charge < -0.3 is 4.90 Å². The third-order valence-corrected chi connectivity index (χ3v) is 3.21. The van der Waals surface area contributed by atoms with Crippen molar-refractivity contribution >= 4 is 22.8 Å². The fourth-order valence-corrected chi connectivity index (χ4v) is 1.97. The first-order chi connectivity index (χ1) is 8.38. The van der Waals surface area contributed by atoms with E-state index in [-0.39, 0.29) is 23.3 Å². The van der Waals surface area contributed by atoms with Crippen LogP contribution in [0, 0.1) is 10.1 Å². The molecule has 0 aromatic rings. The van der Waals surface area contributed by atoms with E-state index in [1.54, 1.807) is 6.92 Å². The maximum Gasteiger partial charge on any atom is 0.233 e. The predicted octanol–water partition coefficient (Wildman–Crippen LogP) is 1.56. The van der Waals surface area contributed by atoms with Gasteiger partial charge in [0.25, 0.3) is 0 Å². The van der Waals surface area contributed by atoms with Gasteiger partial charge in [0.15, 0.2) is 5.12 Å². The van der Waals surface area contributed by atoms with Crippen molar-refractivity contribution in [2.45, 2.75) is 39.7 Å². The summed E-state index contributed by atoms with van der Waals surface area (Å²) >= 11 is 0.937. The number of amides is 1. The fourth-order valence-electron chi connectivity index (χ4n) is 1.48. The van der Waals surface area contributed by atoms with Crippen LogP contribution in [0.4, 0.5) is 0 Å². The zero-order chi connectivity index (χ0) is 14.1. The first-order valence-corrected chi connectivity index (χ1v) is 6.91. The normalized spacial score (nSPS) is 11.9. The summed E-state index contributed by atoms with van der Waals surface area (Å²) in [6.07, 6.45) is 1.72. The number of thioether (sulfide) groups is 1. The lowest BCUT2D eigenvalue weighted by Crippen LogP contribution is -2.44. The topological polar surface area (TPSA) is 80.5 Å². The summed E-state index contributed by atoms with van der Waals surface area (Å²) in [6.45, 7) is 5.29. The second-order valence-corrected chi connectivity index (χ2v) is 5.24. The van der Waals surface area contributed by atoms with Crippen LogP contribution in [0.5, 0.6) is 0 Å². The van der Waals surface area contributed by atoms with Gasteiger partial charge >= 0.3 is 0 Å². The van der Waals surface area contributed by atoms with E-state index >= 15 is 0 Å². The highest BCUT2D eigenvalue weighted by atomic mass is 32.2. The van der Waals surface area contributed by atoms with Crippen molar-refractivity contribution in [1.82, 2.24) is 4.90 Å². The lowest BCUT2D eigenvalue weighted by Gasteiger charge is -2.26. The molecule has 0 bridgehead atoms. The Balaban J connectivity index is 4.49.